The third kappa shape index (κ3) is 1.99. The van der Waals surface area contributed by atoms with Crippen molar-refractivity contribution in [2.45, 2.75) is 0 Å². The van der Waals surface area contributed by atoms with Gasteiger partial charge in [-0.15, -0.1) is 0 Å². The molecule has 94 valence electrons. The van der Waals surface area contributed by atoms with E-state index in [2.05, 4.69) is 20.9 Å². The lowest BCUT2D eigenvalue weighted by molar-refractivity contribution is 0.0695. The van der Waals surface area contributed by atoms with Crippen molar-refractivity contribution >= 4 is 32.8 Å². The van der Waals surface area contributed by atoms with Gasteiger partial charge in [-0.25, -0.2) is 4.79 Å². The molecule has 2 aromatic rings. The number of aromatic carboxylic acids is 1. The molecular formula is C12H10BrNO4. The summed E-state index contributed by atoms with van der Waals surface area (Å²) in [6.07, 6.45) is 1.30. The number of nitrogens with zero attached hydrogens (tertiary/aromatic N) is 1. The summed E-state index contributed by atoms with van der Waals surface area (Å²) in [5.41, 5.74) is 0.674. The molecule has 0 radical (unpaired) electrons. The number of carboxylic acids is 1. The first-order valence-electron chi connectivity index (χ1n) is 5.02. The normalized spacial score (nSPS) is 10.4. The van der Waals surface area contributed by atoms with Gasteiger partial charge in [0.15, 0.2) is 0 Å². The number of rotatable bonds is 3. The number of pyridine rings is 1. The zero-order chi connectivity index (χ0) is 13.3. The summed E-state index contributed by atoms with van der Waals surface area (Å²) in [5.74, 6) is 0.0597. The second kappa shape index (κ2) is 4.81. The van der Waals surface area contributed by atoms with E-state index in [1.54, 1.807) is 12.1 Å². The molecule has 1 aromatic heterocycles. The zero-order valence-electron chi connectivity index (χ0n) is 9.73. The van der Waals surface area contributed by atoms with Crippen molar-refractivity contribution < 1.29 is 19.4 Å². The second-order valence-electron chi connectivity index (χ2n) is 3.52. The predicted octanol–water partition coefficient (Wildman–Crippen LogP) is 2.71. The largest absolute Gasteiger partial charge is 0.497 e. The highest BCUT2D eigenvalue weighted by Gasteiger charge is 2.16. The number of fused-ring (bicyclic) bond motifs is 1. The van der Waals surface area contributed by atoms with Gasteiger partial charge in [0, 0.05) is 22.1 Å². The molecule has 0 amide bonds. The van der Waals surface area contributed by atoms with Crippen LogP contribution < -0.4 is 9.47 Å². The average molecular weight is 312 g/mol. The smallest absolute Gasteiger partial charge is 0.338 e. The quantitative estimate of drug-likeness (QED) is 0.944. The van der Waals surface area contributed by atoms with Crippen molar-refractivity contribution in [1.82, 2.24) is 4.98 Å². The molecule has 6 heteroatoms. The number of benzene rings is 1. The molecule has 0 saturated heterocycles. The Bertz CT molecular complexity index is 627. The maximum atomic E-state index is 11.0. The lowest BCUT2D eigenvalue weighted by atomic mass is 10.1. The molecule has 0 aliphatic rings. The van der Waals surface area contributed by atoms with E-state index in [1.807, 2.05) is 0 Å². The van der Waals surface area contributed by atoms with Gasteiger partial charge in [0.05, 0.1) is 19.8 Å². The van der Waals surface area contributed by atoms with E-state index in [-0.39, 0.29) is 5.56 Å². The number of ether oxygens (including phenoxy) is 2. The number of aromatic nitrogens is 1. The predicted molar refractivity (Wildman–Crippen MR) is 69.5 cm³/mol. The highest BCUT2D eigenvalue weighted by molar-refractivity contribution is 9.10. The highest BCUT2D eigenvalue weighted by Crippen LogP contribution is 2.35. The standard InChI is InChI=1S/C12H10BrNO4/c1-17-6-3-7-10(13)8(12(15)16)5-14-11(7)9(4-6)18-2/h3-5H,1-2H3,(H,15,16). The molecule has 0 aliphatic carbocycles. The van der Waals surface area contributed by atoms with Gasteiger partial charge in [0.25, 0.3) is 0 Å². The van der Waals surface area contributed by atoms with E-state index < -0.39 is 5.97 Å². The van der Waals surface area contributed by atoms with E-state index in [4.69, 9.17) is 14.6 Å². The fourth-order valence-corrected chi connectivity index (χ4v) is 2.21. The first-order chi connectivity index (χ1) is 8.58. The number of methoxy groups -OCH3 is 2. The number of carboxylic acid groups (broad SMARTS) is 1. The Morgan fingerprint density at radius 1 is 1.33 bits per heavy atom. The van der Waals surface area contributed by atoms with Crippen molar-refractivity contribution in [1.29, 1.82) is 0 Å². The Balaban J connectivity index is 2.83. The molecule has 0 saturated carbocycles. The molecule has 0 spiro atoms. The van der Waals surface area contributed by atoms with Gasteiger partial charge in [-0.05, 0) is 22.0 Å². The number of hydrogen-bond acceptors (Lipinski definition) is 4. The SMILES string of the molecule is COc1cc(OC)c2ncc(C(=O)O)c(Br)c2c1. The minimum Gasteiger partial charge on any atom is -0.497 e. The van der Waals surface area contributed by atoms with Gasteiger partial charge in [0.1, 0.15) is 17.0 Å². The molecule has 18 heavy (non-hydrogen) atoms. The second-order valence-corrected chi connectivity index (χ2v) is 4.31. The van der Waals surface area contributed by atoms with Crippen LogP contribution in [0.5, 0.6) is 11.5 Å². The zero-order valence-corrected chi connectivity index (χ0v) is 11.3. The molecular weight excluding hydrogens is 302 g/mol. The summed E-state index contributed by atoms with van der Waals surface area (Å²) in [6, 6.07) is 3.41. The van der Waals surface area contributed by atoms with Gasteiger partial charge < -0.3 is 14.6 Å². The van der Waals surface area contributed by atoms with Crippen LogP contribution in [-0.2, 0) is 0 Å². The fourth-order valence-electron chi connectivity index (χ4n) is 1.64. The Kier molecular flexibility index (Phi) is 3.38. The van der Waals surface area contributed by atoms with Gasteiger partial charge >= 0.3 is 5.97 Å². The Morgan fingerprint density at radius 3 is 2.61 bits per heavy atom. The van der Waals surface area contributed by atoms with Crippen LogP contribution in [0.25, 0.3) is 10.9 Å². The van der Waals surface area contributed by atoms with Crippen molar-refractivity contribution in [3.8, 4) is 11.5 Å². The van der Waals surface area contributed by atoms with Gasteiger partial charge in [0.2, 0.25) is 0 Å². The van der Waals surface area contributed by atoms with Crippen LogP contribution in [0.4, 0.5) is 0 Å². The number of halogens is 1. The van der Waals surface area contributed by atoms with Gasteiger partial charge in [-0.1, -0.05) is 0 Å². The van der Waals surface area contributed by atoms with E-state index in [9.17, 15) is 4.79 Å². The number of hydrogen-bond donors (Lipinski definition) is 1. The van der Waals surface area contributed by atoms with Crippen LogP contribution in [0, 0.1) is 0 Å². The summed E-state index contributed by atoms with van der Waals surface area (Å²) < 4.78 is 10.8. The average Bonchev–Trinajstić information content (AvgIpc) is 2.37. The monoisotopic (exact) mass is 311 g/mol. The first kappa shape index (κ1) is 12.6. The molecule has 1 aromatic carbocycles. The van der Waals surface area contributed by atoms with Crippen molar-refractivity contribution in [3.05, 3.63) is 28.4 Å². The van der Waals surface area contributed by atoms with E-state index >= 15 is 0 Å². The molecule has 5 nitrogen and oxygen atoms in total. The minimum atomic E-state index is -1.04. The lowest BCUT2D eigenvalue weighted by Gasteiger charge is -2.10. The molecule has 1 N–H and O–H groups in total. The van der Waals surface area contributed by atoms with Crippen LogP contribution >= 0.6 is 15.9 Å². The molecule has 0 unspecified atom stereocenters. The van der Waals surface area contributed by atoms with Crippen LogP contribution in [0.3, 0.4) is 0 Å². The summed E-state index contributed by atoms with van der Waals surface area (Å²) in [4.78, 5) is 15.2. The van der Waals surface area contributed by atoms with Crippen molar-refractivity contribution in [2.75, 3.05) is 14.2 Å². The van der Waals surface area contributed by atoms with Crippen molar-refractivity contribution in [2.24, 2.45) is 0 Å². The van der Waals surface area contributed by atoms with E-state index in [0.29, 0.717) is 26.9 Å². The van der Waals surface area contributed by atoms with Crippen molar-refractivity contribution in [3.63, 3.8) is 0 Å². The van der Waals surface area contributed by atoms with Crippen LogP contribution in [0.2, 0.25) is 0 Å². The summed E-state index contributed by atoms with van der Waals surface area (Å²) >= 11 is 3.28. The Morgan fingerprint density at radius 2 is 2.06 bits per heavy atom. The van der Waals surface area contributed by atoms with Gasteiger partial charge in [-0.3, -0.25) is 4.98 Å². The number of carbonyl (C=O) groups is 1. The summed E-state index contributed by atoms with van der Waals surface area (Å²) in [6.45, 7) is 0. The highest BCUT2D eigenvalue weighted by atomic mass is 79.9. The van der Waals surface area contributed by atoms with E-state index in [1.165, 1.54) is 20.4 Å². The molecule has 1 heterocycles. The molecule has 0 aliphatic heterocycles. The van der Waals surface area contributed by atoms with Crippen LogP contribution in [-0.4, -0.2) is 30.3 Å². The minimum absolute atomic E-state index is 0.0952. The fraction of sp³-hybridized carbons (Fsp3) is 0.167. The topological polar surface area (TPSA) is 68.7 Å². The van der Waals surface area contributed by atoms with Crippen LogP contribution in [0.1, 0.15) is 10.4 Å². The lowest BCUT2D eigenvalue weighted by Crippen LogP contribution is -2.00. The maximum absolute atomic E-state index is 11.0. The Hall–Kier alpha value is -1.82. The first-order valence-corrected chi connectivity index (χ1v) is 5.81. The van der Waals surface area contributed by atoms with Crippen LogP contribution in [0.15, 0.2) is 22.8 Å². The molecule has 2 rings (SSSR count). The van der Waals surface area contributed by atoms with Gasteiger partial charge in [-0.2, -0.15) is 0 Å². The third-order valence-electron chi connectivity index (χ3n) is 2.53. The maximum Gasteiger partial charge on any atom is 0.338 e. The molecule has 0 fully saturated rings. The van der Waals surface area contributed by atoms with E-state index in [0.717, 1.165) is 0 Å². The molecule has 0 atom stereocenters. The summed E-state index contributed by atoms with van der Waals surface area (Å²) in [5, 5.41) is 9.68. The Labute approximate surface area is 111 Å². The third-order valence-corrected chi connectivity index (χ3v) is 3.38. The summed E-state index contributed by atoms with van der Waals surface area (Å²) in [7, 11) is 3.05. The molecule has 0 bridgehead atoms.